The summed E-state index contributed by atoms with van der Waals surface area (Å²) in [4.78, 5) is 4.43. The van der Waals surface area contributed by atoms with E-state index in [0.29, 0.717) is 12.5 Å². The first-order valence-electron chi connectivity index (χ1n) is 5.26. The van der Waals surface area contributed by atoms with Crippen molar-refractivity contribution >= 4 is 11.3 Å². The molecule has 15 heavy (non-hydrogen) atoms. The van der Waals surface area contributed by atoms with Crippen LogP contribution in [0.4, 0.5) is 0 Å². The molecule has 0 saturated heterocycles. The van der Waals surface area contributed by atoms with Crippen LogP contribution in [-0.2, 0) is 6.42 Å². The molecule has 3 N–H and O–H groups in total. The standard InChI is InChI=1S/C11H20N2OS/c1-8(2)11(6-12,7-14)4-10-13-9(3)5-15-10/h5,8,14H,4,6-7,12H2,1-3H3. The molecule has 0 aliphatic heterocycles. The highest BCUT2D eigenvalue weighted by atomic mass is 32.1. The molecule has 4 heteroatoms. The predicted octanol–water partition coefficient (Wildman–Crippen LogP) is 1.59. The van der Waals surface area contributed by atoms with E-state index in [0.717, 1.165) is 17.1 Å². The lowest BCUT2D eigenvalue weighted by Crippen LogP contribution is -2.41. The molecule has 1 heterocycles. The van der Waals surface area contributed by atoms with Crippen LogP contribution in [0, 0.1) is 18.3 Å². The highest BCUT2D eigenvalue weighted by molar-refractivity contribution is 7.09. The minimum atomic E-state index is -0.218. The summed E-state index contributed by atoms with van der Waals surface area (Å²) in [7, 11) is 0. The van der Waals surface area contributed by atoms with Crippen molar-refractivity contribution in [3.05, 3.63) is 16.1 Å². The van der Waals surface area contributed by atoms with E-state index in [4.69, 9.17) is 5.73 Å². The average Bonchev–Trinajstić information content (AvgIpc) is 2.60. The van der Waals surface area contributed by atoms with E-state index >= 15 is 0 Å². The molecule has 86 valence electrons. The molecule has 0 aromatic carbocycles. The summed E-state index contributed by atoms with van der Waals surface area (Å²) in [6.07, 6.45) is 0.774. The molecule has 1 aromatic rings. The normalized spacial score (nSPS) is 15.6. The minimum absolute atomic E-state index is 0.125. The van der Waals surface area contributed by atoms with Crippen molar-refractivity contribution in [2.75, 3.05) is 13.2 Å². The molecular formula is C11H20N2OS. The highest BCUT2D eigenvalue weighted by Crippen LogP contribution is 2.31. The van der Waals surface area contributed by atoms with Gasteiger partial charge in [0.2, 0.25) is 0 Å². The number of aryl methyl sites for hydroxylation is 1. The van der Waals surface area contributed by atoms with Gasteiger partial charge in [-0.15, -0.1) is 11.3 Å². The second-order valence-electron chi connectivity index (χ2n) is 4.44. The van der Waals surface area contributed by atoms with E-state index in [1.165, 1.54) is 0 Å². The topological polar surface area (TPSA) is 59.1 Å². The van der Waals surface area contributed by atoms with Gasteiger partial charge >= 0.3 is 0 Å². The van der Waals surface area contributed by atoms with Crippen molar-refractivity contribution < 1.29 is 5.11 Å². The Morgan fingerprint density at radius 1 is 1.60 bits per heavy atom. The smallest absolute Gasteiger partial charge is 0.0935 e. The van der Waals surface area contributed by atoms with Gasteiger partial charge in [0, 0.05) is 29.5 Å². The maximum Gasteiger partial charge on any atom is 0.0935 e. The quantitative estimate of drug-likeness (QED) is 0.804. The minimum Gasteiger partial charge on any atom is -0.396 e. The Bertz CT molecular complexity index is 305. The second-order valence-corrected chi connectivity index (χ2v) is 5.38. The maximum atomic E-state index is 9.51. The maximum absolute atomic E-state index is 9.51. The summed E-state index contributed by atoms with van der Waals surface area (Å²) >= 11 is 1.65. The molecule has 0 aliphatic rings. The molecule has 1 aromatic heterocycles. The Labute approximate surface area is 95.3 Å². The molecule has 1 unspecified atom stereocenters. The van der Waals surface area contributed by atoms with Gasteiger partial charge in [0.15, 0.2) is 0 Å². The van der Waals surface area contributed by atoms with Gasteiger partial charge in [-0.3, -0.25) is 0 Å². The van der Waals surface area contributed by atoms with Crippen molar-refractivity contribution in [1.82, 2.24) is 4.98 Å². The van der Waals surface area contributed by atoms with Gasteiger partial charge in [0.1, 0.15) is 0 Å². The van der Waals surface area contributed by atoms with Crippen LogP contribution in [0.5, 0.6) is 0 Å². The van der Waals surface area contributed by atoms with Gasteiger partial charge in [0.05, 0.1) is 11.6 Å². The van der Waals surface area contributed by atoms with Crippen LogP contribution in [0.2, 0.25) is 0 Å². The van der Waals surface area contributed by atoms with Crippen molar-refractivity contribution in [1.29, 1.82) is 0 Å². The largest absolute Gasteiger partial charge is 0.396 e. The first-order chi connectivity index (χ1) is 7.04. The lowest BCUT2D eigenvalue weighted by atomic mass is 9.75. The van der Waals surface area contributed by atoms with Gasteiger partial charge < -0.3 is 10.8 Å². The van der Waals surface area contributed by atoms with E-state index < -0.39 is 0 Å². The number of aromatic nitrogens is 1. The van der Waals surface area contributed by atoms with Crippen molar-refractivity contribution in [3.8, 4) is 0 Å². The monoisotopic (exact) mass is 228 g/mol. The number of thiazole rings is 1. The molecule has 0 spiro atoms. The summed E-state index contributed by atoms with van der Waals surface area (Å²) in [6.45, 7) is 6.81. The summed E-state index contributed by atoms with van der Waals surface area (Å²) in [6, 6.07) is 0. The fourth-order valence-electron chi connectivity index (χ4n) is 1.60. The van der Waals surface area contributed by atoms with Crippen LogP contribution in [0.3, 0.4) is 0 Å². The molecule has 1 atom stereocenters. The third kappa shape index (κ3) is 2.77. The Hall–Kier alpha value is -0.450. The third-order valence-electron chi connectivity index (χ3n) is 3.12. The van der Waals surface area contributed by atoms with E-state index in [9.17, 15) is 5.11 Å². The van der Waals surface area contributed by atoms with Gasteiger partial charge in [-0.2, -0.15) is 0 Å². The SMILES string of the molecule is Cc1csc(CC(CN)(CO)C(C)C)n1. The first-order valence-corrected chi connectivity index (χ1v) is 6.14. The molecule has 0 aliphatic carbocycles. The van der Waals surface area contributed by atoms with Gasteiger partial charge in [-0.25, -0.2) is 4.98 Å². The molecule has 0 amide bonds. The Morgan fingerprint density at radius 3 is 2.60 bits per heavy atom. The fraction of sp³-hybridized carbons (Fsp3) is 0.727. The van der Waals surface area contributed by atoms with Crippen molar-refractivity contribution in [2.24, 2.45) is 17.1 Å². The number of hydrogen-bond donors (Lipinski definition) is 2. The molecule has 0 saturated carbocycles. The molecule has 1 rings (SSSR count). The predicted molar refractivity (Wildman–Crippen MR) is 64.0 cm³/mol. The molecule has 3 nitrogen and oxygen atoms in total. The van der Waals surface area contributed by atoms with Crippen LogP contribution >= 0.6 is 11.3 Å². The van der Waals surface area contributed by atoms with E-state index in [1.807, 2.05) is 12.3 Å². The molecule has 0 radical (unpaired) electrons. The van der Waals surface area contributed by atoms with E-state index in [2.05, 4.69) is 18.8 Å². The van der Waals surface area contributed by atoms with Gasteiger partial charge in [-0.05, 0) is 12.8 Å². The summed E-state index contributed by atoms with van der Waals surface area (Å²) in [5.74, 6) is 0.358. The van der Waals surface area contributed by atoms with Crippen LogP contribution < -0.4 is 5.73 Å². The number of nitrogens with zero attached hydrogens (tertiary/aromatic N) is 1. The number of aliphatic hydroxyl groups excluding tert-OH is 1. The van der Waals surface area contributed by atoms with Gasteiger partial charge in [-0.1, -0.05) is 13.8 Å². The lowest BCUT2D eigenvalue weighted by molar-refractivity contribution is 0.0842. The summed E-state index contributed by atoms with van der Waals surface area (Å²) in [5.41, 5.74) is 6.62. The second kappa shape index (κ2) is 5.05. The van der Waals surface area contributed by atoms with Crippen molar-refractivity contribution in [2.45, 2.75) is 27.2 Å². The summed E-state index contributed by atoms with van der Waals surface area (Å²) < 4.78 is 0. The zero-order chi connectivity index (χ0) is 11.5. The van der Waals surface area contributed by atoms with Gasteiger partial charge in [0.25, 0.3) is 0 Å². The molecular weight excluding hydrogens is 208 g/mol. The third-order valence-corrected chi connectivity index (χ3v) is 4.08. The number of rotatable bonds is 5. The number of nitrogens with two attached hydrogens (primary N) is 1. The molecule has 0 fully saturated rings. The highest BCUT2D eigenvalue weighted by Gasteiger charge is 2.32. The lowest BCUT2D eigenvalue weighted by Gasteiger charge is -2.33. The number of hydrogen-bond acceptors (Lipinski definition) is 4. The van der Waals surface area contributed by atoms with Crippen LogP contribution in [0.15, 0.2) is 5.38 Å². The zero-order valence-electron chi connectivity index (χ0n) is 9.66. The van der Waals surface area contributed by atoms with Crippen LogP contribution in [-0.4, -0.2) is 23.2 Å². The van der Waals surface area contributed by atoms with Crippen LogP contribution in [0.1, 0.15) is 24.5 Å². The number of aliphatic hydroxyl groups is 1. The van der Waals surface area contributed by atoms with E-state index in [1.54, 1.807) is 11.3 Å². The van der Waals surface area contributed by atoms with Crippen LogP contribution in [0.25, 0.3) is 0 Å². The Balaban J connectivity index is 2.83. The van der Waals surface area contributed by atoms with E-state index in [-0.39, 0.29) is 12.0 Å². The Kier molecular flexibility index (Phi) is 4.25. The summed E-state index contributed by atoms with van der Waals surface area (Å²) in [5, 5.41) is 12.6. The fourth-order valence-corrected chi connectivity index (χ4v) is 2.53. The average molecular weight is 228 g/mol. The van der Waals surface area contributed by atoms with Crippen molar-refractivity contribution in [3.63, 3.8) is 0 Å². The zero-order valence-corrected chi connectivity index (χ0v) is 10.5. The first kappa shape index (κ1) is 12.6. The molecule has 0 bridgehead atoms. The Morgan fingerprint density at radius 2 is 2.27 bits per heavy atom.